The van der Waals surface area contributed by atoms with Crippen LogP contribution in [0.1, 0.15) is 42.9 Å². The molecule has 1 aromatic heterocycles. The molecule has 1 spiro atoms. The lowest BCUT2D eigenvalue weighted by Gasteiger charge is -2.48. The summed E-state index contributed by atoms with van der Waals surface area (Å²) >= 11 is 0. The highest BCUT2D eigenvalue weighted by molar-refractivity contribution is 5.42. The molecule has 1 aromatic carbocycles. The summed E-state index contributed by atoms with van der Waals surface area (Å²) in [7, 11) is 0. The minimum Gasteiger partial charge on any atom is -0.393 e. The van der Waals surface area contributed by atoms with Crippen LogP contribution in [0.3, 0.4) is 0 Å². The number of hydrogen-bond donors (Lipinski definition) is 1. The number of benzene rings is 1. The number of aromatic nitrogens is 1. The predicted octanol–water partition coefficient (Wildman–Crippen LogP) is 4.35. The summed E-state index contributed by atoms with van der Waals surface area (Å²) in [5, 5.41) is 10.4. The molecule has 28 heavy (non-hydrogen) atoms. The Bertz CT molecular complexity index is 805. The second-order valence-corrected chi connectivity index (χ2v) is 7.68. The number of piperidine rings is 1. The summed E-state index contributed by atoms with van der Waals surface area (Å²) in [6.45, 7) is 1.09. The number of hydrogen-bond acceptors (Lipinski definition) is 4. The van der Waals surface area contributed by atoms with E-state index in [1.807, 2.05) is 35.2 Å². The van der Waals surface area contributed by atoms with Gasteiger partial charge in [0.05, 0.1) is 23.4 Å². The summed E-state index contributed by atoms with van der Waals surface area (Å²) in [5.74, 6) is 0.334. The second-order valence-electron chi connectivity index (χ2n) is 7.68. The zero-order chi connectivity index (χ0) is 19.8. The quantitative estimate of drug-likeness (QED) is 0.825. The number of ether oxygens (including phenoxy) is 1. The van der Waals surface area contributed by atoms with Crippen molar-refractivity contribution in [2.45, 2.75) is 49.7 Å². The Morgan fingerprint density at radius 3 is 2.50 bits per heavy atom. The van der Waals surface area contributed by atoms with Gasteiger partial charge in [-0.3, -0.25) is 0 Å². The number of aliphatic hydroxyl groups is 1. The van der Waals surface area contributed by atoms with Gasteiger partial charge in [0.15, 0.2) is 0 Å². The van der Waals surface area contributed by atoms with E-state index in [0.717, 1.165) is 17.7 Å². The summed E-state index contributed by atoms with van der Waals surface area (Å²) < 4.78 is 45.4. The molecule has 4 rings (SSSR count). The molecule has 2 aliphatic heterocycles. The molecule has 2 aromatic rings. The fraction of sp³-hybridized carbons (Fsp3) is 0.476. The Balaban J connectivity index is 1.47. The standard InChI is InChI=1S/C21H23F3N2O2/c22-21(23,24)16-6-9-25-19(12-16)26-10-7-20(8-11-26)14-17(27)13-18(28-20)15-4-2-1-3-5-15/h1-6,9,12,17-18,27H,7-8,10-11,13-14H2/t17-,18-/m1/s1. The molecule has 2 atom stereocenters. The molecule has 2 aliphatic rings. The lowest BCUT2D eigenvalue weighted by molar-refractivity contribution is -0.173. The predicted molar refractivity (Wildman–Crippen MR) is 98.9 cm³/mol. The van der Waals surface area contributed by atoms with Crippen LogP contribution < -0.4 is 4.90 Å². The Kier molecular flexibility index (Phi) is 5.05. The van der Waals surface area contributed by atoms with Gasteiger partial charge in [-0.15, -0.1) is 0 Å². The van der Waals surface area contributed by atoms with Gasteiger partial charge in [0.1, 0.15) is 5.82 Å². The van der Waals surface area contributed by atoms with Crippen molar-refractivity contribution in [2.24, 2.45) is 0 Å². The third-order valence-electron chi connectivity index (χ3n) is 5.73. The number of anilines is 1. The van der Waals surface area contributed by atoms with Gasteiger partial charge in [0.25, 0.3) is 0 Å². The smallest absolute Gasteiger partial charge is 0.393 e. The molecular weight excluding hydrogens is 369 g/mol. The van der Waals surface area contributed by atoms with Crippen molar-refractivity contribution in [3.8, 4) is 0 Å². The van der Waals surface area contributed by atoms with Gasteiger partial charge < -0.3 is 14.7 Å². The highest BCUT2D eigenvalue weighted by atomic mass is 19.4. The van der Waals surface area contributed by atoms with Gasteiger partial charge in [-0.05, 0) is 30.5 Å². The van der Waals surface area contributed by atoms with Crippen molar-refractivity contribution in [1.29, 1.82) is 0 Å². The van der Waals surface area contributed by atoms with E-state index in [1.54, 1.807) is 0 Å². The number of rotatable bonds is 2. The molecule has 2 fully saturated rings. The third-order valence-corrected chi connectivity index (χ3v) is 5.73. The average Bonchev–Trinajstić information content (AvgIpc) is 2.68. The van der Waals surface area contributed by atoms with Crippen LogP contribution in [-0.2, 0) is 10.9 Å². The van der Waals surface area contributed by atoms with Crippen LogP contribution in [0, 0.1) is 0 Å². The molecule has 0 unspecified atom stereocenters. The molecule has 7 heteroatoms. The van der Waals surface area contributed by atoms with Gasteiger partial charge in [0, 0.05) is 32.1 Å². The minimum absolute atomic E-state index is 0.164. The summed E-state index contributed by atoms with van der Waals surface area (Å²) in [6.07, 6.45) is -1.38. The van der Waals surface area contributed by atoms with Crippen molar-refractivity contribution >= 4 is 5.82 Å². The van der Waals surface area contributed by atoms with E-state index in [9.17, 15) is 18.3 Å². The van der Waals surface area contributed by atoms with E-state index in [1.165, 1.54) is 6.20 Å². The van der Waals surface area contributed by atoms with Crippen LogP contribution in [0.2, 0.25) is 0 Å². The Labute approximate surface area is 162 Å². The zero-order valence-corrected chi connectivity index (χ0v) is 15.4. The minimum atomic E-state index is -4.38. The van der Waals surface area contributed by atoms with Crippen LogP contribution in [0.4, 0.5) is 19.0 Å². The molecule has 2 saturated heterocycles. The van der Waals surface area contributed by atoms with Crippen molar-refractivity contribution in [3.05, 3.63) is 59.8 Å². The van der Waals surface area contributed by atoms with E-state index in [4.69, 9.17) is 4.74 Å². The van der Waals surface area contributed by atoms with Crippen molar-refractivity contribution < 1.29 is 23.0 Å². The molecule has 0 saturated carbocycles. The van der Waals surface area contributed by atoms with E-state index in [2.05, 4.69) is 4.98 Å². The first kappa shape index (κ1) is 19.2. The third kappa shape index (κ3) is 4.00. The lowest BCUT2D eigenvalue weighted by Crippen LogP contribution is -2.51. The fourth-order valence-corrected chi connectivity index (χ4v) is 4.26. The van der Waals surface area contributed by atoms with Crippen molar-refractivity contribution in [2.75, 3.05) is 18.0 Å². The van der Waals surface area contributed by atoms with E-state index < -0.39 is 23.4 Å². The maximum absolute atomic E-state index is 13.0. The number of halogens is 3. The topological polar surface area (TPSA) is 45.6 Å². The Morgan fingerprint density at radius 2 is 1.82 bits per heavy atom. The number of aliphatic hydroxyl groups excluding tert-OH is 1. The molecule has 1 N–H and O–H groups in total. The highest BCUT2D eigenvalue weighted by Gasteiger charge is 2.44. The van der Waals surface area contributed by atoms with E-state index in [-0.39, 0.29) is 6.10 Å². The van der Waals surface area contributed by atoms with Crippen molar-refractivity contribution in [1.82, 2.24) is 4.98 Å². The van der Waals surface area contributed by atoms with E-state index in [0.29, 0.717) is 44.6 Å². The summed E-state index contributed by atoms with van der Waals surface area (Å²) in [5.41, 5.74) is -0.0927. The molecule has 0 radical (unpaired) electrons. The molecule has 0 aliphatic carbocycles. The normalized spacial score (nSPS) is 25.1. The largest absolute Gasteiger partial charge is 0.416 e. The molecule has 150 valence electrons. The van der Waals surface area contributed by atoms with Gasteiger partial charge >= 0.3 is 6.18 Å². The molecule has 4 nitrogen and oxygen atoms in total. The lowest BCUT2D eigenvalue weighted by atomic mass is 9.81. The van der Waals surface area contributed by atoms with Crippen LogP contribution in [-0.4, -0.2) is 34.9 Å². The second kappa shape index (κ2) is 7.37. The molecule has 3 heterocycles. The Morgan fingerprint density at radius 1 is 1.11 bits per heavy atom. The zero-order valence-electron chi connectivity index (χ0n) is 15.4. The van der Waals surface area contributed by atoms with Crippen LogP contribution in [0.5, 0.6) is 0 Å². The average molecular weight is 392 g/mol. The van der Waals surface area contributed by atoms with Crippen LogP contribution in [0.25, 0.3) is 0 Å². The first-order valence-electron chi connectivity index (χ1n) is 9.54. The van der Waals surface area contributed by atoms with Crippen LogP contribution >= 0.6 is 0 Å². The Hall–Kier alpha value is -2.12. The monoisotopic (exact) mass is 392 g/mol. The summed E-state index contributed by atoms with van der Waals surface area (Å²) in [4.78, 5) is 5.99. The van der Waals surface area contributed by atoms with Gasteiger partial charge in [-0.2, -0.15) is 13.2 Å². The SMILES string of the molecule is O[C@@H]1C[C@H](c2ccccc2)OC2(CCN(c3cc(C(F)(F)F)ccn3)CC2)C1. The van der Waals surface area contributed by atoms with Crippen molar-refractivity contribution in [3.63, 3.8) is 0 Å². The number of nitrogens with zero attached hydrogens (tertiary/aromatic N) is 2. The maximum atomic E-state index is 13.0. The maximum Gasteiger partial charge on any atom is 0.416 e. The first-order valence-corrected chi connectivity index (χ1v) is 9.54. The highest BCUT2D eigenvalue weighted by Crippen LogP contribution is 2.43. The molecule has 0 amide bonds. The summed E-state index contributed by atoms with van der Waals surface area (Å²) in [6, 6.07) is 11.9. The first-order chi connectivity index (χ1) is 13.3. The molecule has 0 bridgehead atoms. The van der Waals surface area contributed by atoms with Gasteiger partial charge in [-0.25, -0.2) is 4.98 Å². The fourth-order valence-electron chi connectivity index (χ4n) is 4.26. The van der Waals surface area contributed by atoms with Gasteiger partial charge in [0.2, 0.25) is 0 Å². The van der Waals surface area contributed by atoms with Gasteiger partial charge in [-0.1, -0.05) is 30.3 Å². The van der Waals surface area contributed by atoms with E-state index >= 15 is 0 Å². The number of alkyl halides is 3. The van der Waals surface area contributed by atoms with Crippen LogP contribution in [0.15, 0.2) is 48.7 Å². The molecular formula is C21H23F3N2O2. The number of pyridine rings is 1.